The van der Waals surface area contributed by atoms with E-state index < -0.39 is 0 Å². The second kappa shape index (κ2) is 6.97. The van der Waals surface area contributed by atoms with Gasteiger partial charge in [-0.1, -0.05) is 47.8 Å². The van der Waals surface area contributed by atoms with Crippen LogP contribution in [0.3, 0.4) is 0 Å². The molecule has 2 aromatic carbocycles. The molecule has 0 aliphatic heterocycles. The predicted molar refractivity (Wildman–Crippen MR) is 88.1 cm³/mol. The summed E-state index contributed by atoms with van der Waals surface area (Å²) in [6, 6.07) is 8.18. The van der Waals surface area contributed by atoms with E-state index in [2.05, 4.69) is 5.32 Å². The zero-order chi connectivity index (χ0) is 15.6. The van der Waals surface area contributed by atoms with E-state index in [1.54, 1.807) is 25.1 Å². The molecule has 0 radical (unpaired) electrons. The summed E-state index contributed by atoms with van der Waals surface area (Å²) >= 11 is 18.4. The predicted octanol–water partition coefficient (Wildman–Crippen LogP) is 5.79. The van der Waals surface area contributed by atoms with E-state index in [1.165, 1.54) is 6.07 Å². The molecule has 21 heavy (non-hydrogen) atoms. The molecule has 0 aliphatic rings. The highest BCUT2D eigenvalue weighted by molar-refractivity contribution is 6.35. The highest BCUT2D eigenvalue weighted by Gasteiger charge is 2.20. The molecule has 1 atom stereocenters. The zero-order valence-corrected chi connectivity index (χ0v) is 14.0. The van der Waals surface area contributed by atoms with Gasteiger partial charge >= 0.3 is 0 Å². The van der Waals surface area contributed by atoms with Gasteiger partial charge < -0.3 is 5.32 Å². The molecule has 0 heterocycles. The highest BCUT2D eigenvalue weighted by atomic mass is 35.5. The van der Waals surface area contributed by atoms with Crippen molar-refractivity contribution in [2.45, 2.75) is 19.9 Å². The van der Waals surface area contributed by atoms with Gasteiger partial charge in [0.15, 0.2) is 0 Å². The smallest absolute Gasteiger partial charge is 0.127 e. The largest absolute Gasteiger partial charge is 0.306 e. The first-order valence-corrected chi connectivity index (χ1v) is 7.71. The van der Waals surface area contributed by atoms with Crippen LogP contribution in [0.2, 0.25) is 15.1 Å². The molecule has 2 aromatic rings. The first kappa shape index (κ1) is 16.6. The van der Waals surface area contributed by atoms with E-state index >= 15 is 0 Å². The minimum Gasteiger partial charge on any atom is -0.306 e. The molecule has 1 N–H and O–H groups in total. The van der Waals surface area contributed by atoms with E-state index in [4.69, 9.17) is 34.8 Å². The molecule has 0 saturated carbocycles. The summed E-state index contributed by atoms with van der Waals surface area (Å²) in [6.07, 6.45) is 0. The Hall–Kier alpha value is -0.800. The molecule has 0 aliphatic carbocycles. The maximum absolute atomic E-state index is 13.6. The summed E-state index contributed by atoms with van der Waals surface area (Å²) in [5.74, 6) is -0.318. The van der Waals surface area contributed by atoms with Gasteiger partial charge in [0.25, 0.3) is 0 Å². The SMILES string of the molecule is CCNC(c1ccc(Cl)cc1Cl)c1cc(C)c(F)cc1Cl. The molecular weight excluding hydrogens is 332 g/mol. The Morgan fingerprint density at radius 3 is 2.33 bits per heavy atom. The Balaban J connectivity index is 2.55. The molecule has 5 heteroatoms. The molecule has 0 saturated heterocycles. The molecule has 0 fully saturated rings. The minimum absolute atomic E-state index is 0.216. The Labute approximate surface area is 139 Å². The van der Waals surface area contributed by atoms with Crippen molar-refractivity contribution in [3.8, 4) is 0 Å². The second-order valence-corrected chi connectivity index (χ2v) is 6.03. The number of rotatable bonds is 4. The van der Waals surface area contributed by atoms with Gasteiger partial charge in [0.1, 0.15) is 5.82 Å². The number of benzene rings is 2. The van der Waals surface area contributed by atoms with Crippen LogP contribution in [0.4, 0.5) is 4.39 Å². The molecule has 0 bridgehead atoms. The van der Waals surface area contributed by atoms with Crippen molar-refractivity contribution in [3.63, 3.8) is 0 Å². The molecule has 0 spiro atoms. The summed E-state index contributed by atoms with van der Waals surface area (Å²) in [6.45, 7) is 4.42. The first-order valence-electron chi connectivity index (χ1n) is 6.58. The quantitative estimate of drug-likeness (QED) is 0.738. The fraction of sp³-hybridized carbons (Fsp3) is 0.250. The Morgan fingerprint density at radius 2 is 1.71 bits per heavy atom. The van der Waals surface area contributed by atoms with Gasteiger partial charge in [0.05, 0.1) is 6.04 Å². The van der Waals surface area contributed by atoms with Crippen molar-refractivity contribution in [3.05, 3.63) is 67.9 Å². The van der Waals surface area contributed by atoms with Crippen LogP contribution in [-0.2, 0) is 0 Å². The molecule has 1 nitrogen and oxygen atoms in total. The highest BCUT2D eigenvalue weighted by Crippen LogP contribution is 2.34. The zero-order valence-electron chi connectivity index (χ0n) is 11.7. The van der Waals surface area contributed by atoms with Crippen LogP contribution in [0.15, 0.2) is 30.3 Å². The summed E-state index contributed by atoms with van der Waals surface area (Å²) in [5.41, 5.74) is 2.19. The minimum atomic E-state index is -0.318. The molecule has 1 unspecified atom stereocenters. The second-order valence-electron chi connectivity index (χ2n) is 4.78. The number of aryl methyl sites for hydroxylation is 1. The van der Waals surface area contributed by atoms with Crippen LogP contribution in [0.25, 0.3) is 0 Å². The Bertz CT molecular complexity index is 658. The number of hydrogen-bond donors (Lipinski definition) is 1. The van der Waals surface area contributed by atoms with Crippen molar-refractivity contribution in [1.82, 2.24) is 5.32 Å². The average Bonchev–Trinajstić information content (AvgIpc) is 2.41. The van der Waals surface area contributed by atoms with Crippen LogP contribution in [0.5, 0.6) is 0 Å². The molecule has 2 rings (SSSR count). The lowest BCUT2D eigenvalue weighted by Crippen LogP contribution is -2.23. The normalized spacial score (nSPS) is 12.5. The lowest BCUT2D eigenvalue weighted by atomic mass is 9.97. The van der Waals surface area contributed by atoms with E-state index in [0.29, 0.717) is 20.6 Å². The number of hydrogen-bond acceptors (Lipinski definition) is 1. The van der Waals surface area contributed by atoms with Crippen LogP contribution >= 0.6 is 34.8 Å². The van der Waals surface area contributed by atoms with E-state index in [0.717, 1.165) is 17.7 Å². The third kappa shape index (κ3) is 3.70. The maximum Gasteiger partial charge on any atom is 0.127 e. The van der Waals surface area contributed by atoms with Crippen LogP contribution in [0.1, 0.15) is 29.7 Å². The summed E-state index contributed by atoms with van der Waals surface area (Å²) in [7, 11) is 0. The fourth-order valence-electron chi connectivity index (χ4n) is 2.23. The lowest BCUT2D eigenvalue weighted by molar-refractivity contribution is 0.606. The number of halogens is 4. The van der Waals surface area contributed by atoms with Crippen LogP contribution in [-0.4, -0.2) is 6.54 Å². The fourth-order valence-corrected chi connectivity index (χ4v) is 3.01. The topological polar surface area (TPSA) is 12.0 Å². The van der Waals surface area contributed by atoms with Crippen molar-refractivity contribution in [2.75, 3.05) is 6.54 Å². The van der Waals surface area contributed by atoms with Gasteiger partial charge in [0.2, 0.25) is 0 Å². The van der Waals surface area contributed by atoms with Gasteiger partial charge in [-0.25, -0.2) is 4.39 Å². The van der Waals surface area contributed by atoms with Crippen molar-refractivity contribution in [2.24, 2.45) is 0 Å². The third-order valence-electron chi connectivity index (χ3n) is 3.27. The van der Waals surface area contributed by atoms with Crippen LogP contribution in [0, 0.1) is 12.7 Å². The van der Waals surface area contributed by atoms with E-state index in [1.807, 2.05) is 13.0 Å². The Morgan fingerprint density at radius 1 is 1.05 bits per heavy atom. The van der Waals surface area contributed by atoms with Gasteiger partial charge in [-0.15, -0.1) is 0 Å². The standard InChI is InChI=1S/C16H15Cl3FN/c1-3-21-16(11-5-4-10(17)7-13(11)18)12-6-9(2)15(20)8-14(12)19/h4-8,16,21H,3H2,1-2H3. The monoisotopic (exact) mass is 345 g/mol. The Kier molecular flexibility index (Phi) is 5.50. The van der Waals surface area contributed by atoms with Crippen molar-refractivity contribution >= 4 is 34.8 Å². The van der Waals surface area contributed by atoms with Crippen LogP contribution < -0.4 is 5.32 Å². The number of nitrogens with one attached hydrogen (secondary N) is 1. The third-order valence-corrected chi connectivity index (χ3v) is 4.16. The summed E-state index contributed by atoms with van der Waals surface area (Å²) in [4.78, 5) is 0. The molecule has 112 valence electrons. The van der Waals surface area contributed by atoms with Crippen molar-refractivity contribution < 1.29 is 4.39 Å². The molecule has 0 amide bonds. The van der Waals surface area contributed by atoms with E-state index in [-0.39, 0.29) is 11.9 Å². The van der Waals surface area contributed by atoms with E-state index in [9.17, 15) is 4.39 Å². The van der Waals surface area contributed by atoms with Gasteiger partial charge in [-0.2, -0.15) is 0 Å². The first-order chi connectivity index (χ1) is 9.93. The molecule has 0 aromatic heterocycles. The average molecular weight is 347 g/mol. The maximum atomic E-state index is 13.6. The summed E-state index contributed by atoms with van der Waals surface area (Å²) < 4.78 is 13.6. The lowest BCUT2D eigenvalue weighted by Gasteiger charge is -2.22. The van der Waals surface area contributed by atoms with Gasteiger partial charge in [-0.3, -0.25) is 0 Å². The molecular formula is C16H15Cl3FN. The van der Waals surface area contributed by atoms with Gasteiger partial charge in [-0.05, 0) is 54.4 Å². The summed E-state index contributed by atoms with van der Waals surface area (Å²) in [5, 5.41) is 4.82. The van der Waals surface area contributed by atoms with Crippen molar-refractivity contribution in [1.29, 1.82) is 0 Å². The van der Waals surface area contributed by atoms with Gasteiger partial charge in [0, 0.05) is 15.1 Å².